The first kappa shape index (κ1) is 15.2. The molecule has 1 aromatic rings. The monoisotopic (exact) mass is 312 g/mol. The molecule has 112 valence electrons. The molecule has 1 heterocycles. The number of rotatable bonds is 4. The van der Waals surface area contributed by atoms with Crippen LogP contribution in [0, 0.1) is 10.1 Å². The van der Waals surface area contributed by atoms with Crippen molar-refractivity contribution in [2.45, 2.75) is 12.8 Å². The summed E-state index contributed by atoms with van der Waals surface area (Å²) in [6.07, 6.45) is 1.87. The molecule has 0 aromatic heterocycles. The van der Waals surface area contributed by atoms with E-state index in [-0.39, 0.29) is 16.5 Å². The van der Waals surface area contributed by atoms with E-state index in [2.05, 4.69) is 0 Å². The molecular formula is C13H13ClN2O5. The highest BCUT2D eigenvalue weighted by Gasteiger charge is 2.24. The Hall–Kier alpha value is -2.15. The minimum absolute atomic E-state index is 0.145. The van der Waals surface area contributed by atoms with Crippen LogP contribution in [0.15, 0.2) is 18.2 Å². The summed E-state index contributed by atoms with van der Waals surface area (Å²) in [5, 5.41) is 11.0. The average Bonchev–Trinajstić information content (AvgIpc) is 2.98. The number of hydrogen-bond donors (Lipinski definition) is 0. The Labute approximate surface area is 125 Å². The number of benzene rings is 1. The fourth-order valence-corrected chi connectivity index (χ4v) is 2.26. The zero-order valence-electron chi connectivity index (χ0n) is 11.1. The highest BCUT2D eigenvalue weighted by atomic mass is 35.5. The highest BCUT2D eigenvalue weighted by molar-refractivity contribution is 6.31. The van der Waals surface area contributed by atoms with Crippen molar-refractivity contribution in [3.63, 3.8) is 0 Å². The summed E-state index contributed by atoms with van der Waals surface area (Å²) in [6, 6.07) is 3.64. The molecule has 8 heteroatoms. The van der Waals surface area contributed by atoms with Crippen LogP contribution in [0.25, 0.3) is 0 Å². The first-order chi connectivity index (χ1) is 9.99. The largest absolute Gasteiger partial charge is 0.452 e. The molecule has 1 fully saturated rings. The highest BCUT2D eigenvalue weighted by Crippen LogP contribution is 2.23. The molecule has 21 heavy (non-hydrogen) atoms. The number of nitro groups is 1. The zero-order valence-corrected chi connectivity index (χ0v) is 11.8. The molecule has 0 spiro atoms. The van der Waals surface area contributed by atoms with Crippen molar-refractivity contribution < 1.29 is 19.2 Å². The van der Waals surface area contributed by atoms with Gasteiger partial charge in [-0.25, -0.2) is 4.79 Å². The minimum atomic E-state index is -0.911. The Bertz CT molecular complexity index is 584. The molecule has 0 radical (unpaired) electrons. The Morgan fingerprint density at radius 1 is 1.33 bits per heavy atom. The predicted octanol–water partition coefficient (Wildman–Crippen LogP) is 2.03. The van der Waals surface area contributed by atoms with Gasteiger partial charge in [0.05, 0.1) is 4.92 Å². The molecule has 0 saturated carbocycles. The number of nitrogens with zero attached hydrogens (tertiary/aromatic N) is 2. The quantitative estimate of drug-likeness (QED) is 0.482. The number of carbonyl (C=O) groups is 2. The molecule has 2 rings (SSSR count). The number of likely N-dealkylation sites (tertiary alicyclic amines) is 1. The van der Waals surface area contributed by atoms with Gasteiger partial charge in [0.2, 0.25) is 0 Å². The molecule has 1 aromatic carbocycles. The first-order valence-corrected chi connectivity index (χ1v) is 6.75. The van der Waals surface area contributed by atoms with Crippen LogP contribution in [0.1, 0.15) is 23.2 Å². The SMILES string of the molecule is O=C(OCC(=O)N1CCCC1)c1ccc(Cl)cc1[N+](=O)[O-]. The van der Waals surface area contributed by atoms with Gasteiger partial charge < -0.3 is 9.64 Å². The molecule has 7 nitrogen and oxygen atoms in total. The number of esters is 1. The number of amides is 1. The van der Waals surface area contributed by atoms with E-state index in [1.165, 1.54) is 12.1 Å². The molecular weight excluding hydrogens is 300 g/mol. The van der Waals surface area contributed by atoms with E-state index in [0.29, 0.717) is 13.1 Å². The van der Waals surface area contributed by atoms with Gasteiger partial charge in [0.25, 0.3) is 11.6 Å². The van der Waals surface area contributed by atoms with Crippen LogP contribution in [0.2, 0.25) is 5.02 Å². The Kier molecular flexibility index (Phi) is 4.74. The van der Waals surface area contributed by atoms with Crippen molar-refractivity contribution in [1.29, 1.82) is 0 Å². The van der Waals surface area contributed by atoms with E-state index in [0.717, 1.165) is 18.9 Å². The molecule has 1 amide bonds. The average molecular weight is 313 g/mol. The minimum Gasteiger partial charge on any atom is -0.452 e. The molecule has 0 N–H and O–H groups in total. The first-order valence-electron chi connectivity index (χ1n) is 6.38. The predicted molar refractivity (Wildman–Crippen MR) is 74.2 cm³/mol. The van der Waals surface area contributed by atoms with Gasteiger partial charge in [-0.15, -0.1) is 0 Å². The summed E-state index contributed by atoms with van der Waals surface area (Å²) in [7, 11) is 0. The molecule has 1 saturated heterocycles. The van der Waals surface area contributed by atoms with E-state index in [1.807, 2.05) is 0 Å². The second-order valence-corrected chi connectivity index (χ2v) is 5.02. The lowest BCUT2D eigenvalue weighted by atomic mass is 10.2. The smallest absolute Gasteiger partial charge is 0.345 e. The van der Waals surface area contributed by atoms with Crippen LogP contribution >= 0.6 is 11.6 Å². The lowest BCUT2D eigenvalue weighted by Crippen LogP contribution is -2.32. The molecule has 1 aliphatic heterocycles. The maximum atomic E-state index is 11.9. The van der Waals surface area contributed by atoms with Gasteiger partial charge in [0, 0.05) is 24.2 Å². The summed E-state index contributed by atoms with van der Waals surface area (Å²) >= 11 is 5.66. The van der Waals surface area contributed by atoms with E-state index in [1.54, 1.807) is 4.90 Å². The van der Waals surface area contributed by atoms with Gasteiger partial charge in [-0.1, -0.05) is 11.6 Å². The van der Waals surface area contributed by atoms with Crippen LogP contribution in [-0.2, 0) is 9.53 Å². The fraction of sp³-hybridized carbons (Fsp3) is 0.385. The standard InChI is InChI=1S/C13H13ClN2O5/c14-9-3-4-10(11(7-9)16(19)20)13(18)21-8-12(17)15-5-1-2-6-15/h3-4,7H,1-2,5-6,8H2. The van der Waals surface area contributed by atoms with E-state index in [4.69, 9.17) is 16.3 Å². The Morgan fingerprint density at radius 2 is 2.00 bits per heavy atom. The maximum Gasteiger partial charge on any atom is 0.345 e. The van der Waals surface area contributed by atoms with Crippen LogP contribution in [-0.4, -0.2) is 41.4 Å². The summed E-state index contributed by atoms with van der Waals surface area (Å²) < 4.78 is 4.86. The Balaban J connectivity index is 2.03. The van der Waals surface area contributed by atoms with Crippen LogP contribution in [0.3, 0.4) is 0 Å². The number of ether oxygens (including phenoxy) is 1. The van der Waals surface area contributed by atoms with Crippen molar-refractivity contribution >= 4 is 29.2 Å². The number of nitro benzene ring substituents is 1. The van der Waals surface area contributed by atoms with E-state index < -0.39 is 23.2 Å². The van der Waals surface area contributed by atoms with Crippen LogP contribution < -0.4 is 0 Å². The number of halogens is 1. The van der Waals surface area contributed by atoms with Crippen molar-refractivity contribution in [3.05, 3.63) is 38.9 Å². The van der Waals surface area contributed by atoms with E-state index in [9.17, 15) is 19.7 Å². The summed E-state index contributed by atoms with van der Waals surface area (Å²) in [6.45, 7) is 0.883. The van der Waals surface area contributed by atoms with Crippen molar-refractivity contribution in [1.82, 2.24) is 4.90 Å². The van der Waals surface area contributed by atoms with Gasteiger partial charge >= 0.3 is 5.97 Å². The zero-order chi connectivity index (χ0) is 15.4. The van der Waals surface area contributed by atoms with Crippen LogP contribution in [0.5, 0.6) is 0 Å². The summed E-state index contributed by atoms with van der Waals surface area (Å²) in [5.41, 5.74) is -0.667. The topological polar surface area (TPSA) is 89.8 Å². The third-order valence-corrected chi connectivity index (χ3v) is 3.40. The molecule has 0 aliphatic carbocycles. The van der Waals surface area contributed by atoms with Gasteiger partial charge in [-0.05, 0) is 25.0 Å². The van der Waals surface area contributed by atoms with E-state index >= 15 is 0 Å². The normalized spacial score (nSPS) is 14.0. The lowest BCUT2D eigenvalue weighted by molar-refractivity contribution is -0.385. The third-order valence-electron chi connectivity index (χ3n) is 3.16. The number of hydrogen-bond acceptors (Lipinski definition) is 5. The number of carbonyl (C=O) groups excluding carboxylic acids is 2. The molecule has 1 aliphatic rings. The van der Waals surface area contributed by atoms with Crippen molar-refractivity contribution in [2.75, 3.05) is 19.7 Å². The molecule has 0 bridgehead atoms. The molecule has 0 unspecified atom stereocenters. The second-order valence-electron chi connectivity index (χ2n) is 4.58. The van der Waals surface area contributed by atoms with Crippen molar-refractivity contribution in [2.24, 2.45) is 0 Å². The van der Waals surface area contributed by atoms with Gasteiger partial charge in [-0.3, -0.25) is 14.9 Å². The van der Waals surface area contributed by atoms with Crippen LogP contribution in [0.4, 0.5) is 5.69 Å². The molecule has 0 atom stereocenters. The van der Waals surface area contributed by atoms with Crippen molar-refractivity contribution in [3.8, 4) is 0 Å². The summed E-state index contributed by atoms with van der Waals surface area (Å²) in [5.74, 6) is -1.21. The fourth-order valence-electron chi connectivity index (χ4n) is 2.09. The third kappa shape index (κ3) is 3.69. The van der Waals surface area contributed by atoms with Gasteiger partial charge in [-0.2, -0.15) is 0 Å². The lowest BCUT2D eigenvalue weighted by Gasteiger charge is -2.14. The Morgan fingerprint density at radius 3 is 2.62 bits per heavy atom. The maximum absolute atomic E-state index is 11.9. The summed E-state index contributed by atoms with van der Waals surface area (Å²) in [4.78, 5) is 35.4. The second kappa shape index (κ2) is 6.53. The van der Waals surface area contributed by atoms with Gasteiger partial charge in [0.1, 0.15) is 5.56 Å². The van der Waals surface area contributed by atoms with Gasteiger partial charge in [0.15, 0.2) is 6.61 Å².